The van der Waals surface area contributed by atoms with E-state index in [1.54, 1.807) is 6.33 Å². The van der Waals surface area contributed by atoms with Gasteiger partial charge in [0.05, 0.1) is 6.33 Å². The van der Waals surface area contributed by atoms with E-state index >= 15 is 0 Å². The van der Waals surface area contributed by atoms with E-state index in [4.69, 9.17) is 0 Å². The van der Waals surface area contributed by atoms with Crippen LogP contribution in [0.15, 0.2) is 36.7 Å². The largest absolute Gasteiger partial charge is 0.341 e. The lowest BCUT2D eigenvalue weighted by atomic mass is 10.1. The summed E-state index contributed by atoms with van der Waals surface area (Å²) in [6.45, 7) is 0. The van der Waals surface area contributed by atoms with Crippen molar-refractivity contribution in [2.45, 2.75) is 0 Å². The third-order valence-electron chi connectivity index (χ3n) is 2.19. The monoisotopic (exact) mass is 197 g/mol. The Kier molecular flexibility index (Phi) is 1.68. The van der Waals surface area contributed by atoms with E-state index in [-0.39, 0.29) is 0 Å². The quantitative estimate of drug-likeness (QED) is 0.640. The first-order valence-corrected chi connectivity index (χ1v) is 4.53. The van der Waals surface area contributed by atoms with Gasteiger partial charge in [-0.25, -0.2) is 4.98 Å². The number of fused-ring (bicyclic) bond motifs is 1. The minimum atomic E-state index is 0.587. The zero-order chi connectivity index (χ0) is 10.1. The molecule has 0 aliphatic heterocycles. The molecule has 0 saturated carbocycles. The van der Waals surface area contributed by atoms with Crippen LogP contribution in [0.3, 0.4) is 0 Å². The maximum absolute atomic E-state index is 4.04. The molecule has 2 aromatic heterocycles. The average molecular weight is 197 g/mol. The van der Waals surface area contributed by atoms with Gasteiger partial charge in [0.15, 0.2) is 0 Å². The summed E-state index contributed by atoms with van der Waals surface area (Å²) < 4.78 is 0. The first kappa shape index (κ1) is 8.05. The van der Waals surface area contributed by atoms with Crippen molar-refractivity contribution in [3.8, 4) is 11.3 Å². The van der Waals surface area contributed by atoms with Gasteiger partial charge in [-0.15, -0.1) is 10.2 Å². The molecule has 0 radical (unpaired) electrons. The molecule has 2 heterocycles. The number of hydrogen-bond acceptors (Lipinski definition) is 4. The van der Waals surface area contributed by atoms with Crippen LogP contribution >= 0.6 is 0 Å². The Bertz CT molecular complexity index is 587. The molecule has 0 fully saturated rings. The topological polar surface area (TPSA) is 67.3 Å². The van der Waals surface area contributed by atoms with Crippen molar-refractivity contribution in [1.29, 1.82) is 0 Å². The lowest BCUT2D eigenvalue weighted by Gasteiger charge is -1.98. The Labute approximate surface area is 85.2 Å². The third kappa shape index (κ3) is 1.25. The molecular formula is C10H7N5. The van der Waals surface area contributed by atoms with Gasteiger partial charge in [0.2, 0.25) is 5.65 Å². The van der Waals surface area contributed by atoms with Gasteiger partial charge in [0, 0.05) is 5.56 Å². The van der Waals surface area contributed by atoms with Gasteiger partial charge in [-0.1, -0.05) is 30.3 Å². The zero-order valence-electron chi connectivity index (χ0n) is 7.75. The smallest absolute Gasteiger partial charge is 0.203 e. The fraction of sp³-hybridized carbons (Fsp3) is 0. The van der Waals surface area contributed by atoms with Gasteiger partial charge in [0.1, 0.15) is 11.2 Å². The predicted molar refractivity (Wildman–Crippen MR) is 54.9 cm³/mol. The molecule has 0 atom stereocenters. The maximum Gasteiger partial charge on any atom is 0.203 e. The van der Waals surface area contributed by atoms with Crippen LogP contribution in [0.1, 0.15) is 0 Å². The van der Waals surface area contributed by atoms with Gasteiger partial charge in [0.25, 0.3) is 0 Å². The molecule has 0 bridgehead atoms. The van der Waals surface area contributed by atoms with Crippen molar-refractivity contribution in [2.24, 2.45) is 0 Å². The number of hydrogen-bond donors (Lipinski definition) is 1. The molecule has 3 rings (SSSR count). The maximum atomic E-state index is 4.04. The molecule has 0 aliphatic carbocycles. The second kappa shape index (κ2) is 3.13. The highest BCUT2D eigenvalue weighted by molar-refractivity contribution is 5.85. The molecule has 0 unspecified atom stereocenters. The number of imidazole rings is 1. The molecule has 5 nitrogen and oxygen atoms in total. The average Bonchev–Trinajstić information content (AvgIpc) is 2.78. The van der Waals surface area contributed by atoms with E-state index in [9.17, 15) is 0 Å². The number of rotatable bonds is 1. The number of H-pyrrole nitrogens is 1. The van der Waals surface area contributed by atoms with Crippen LogP contribution in [-0.2, 0) is 0 Å². The highest BCUT2D eigenvalue weighted by Crippen LogP contribution is 2.21. The molecule has 1 N–H and O–H groups in total. The number of nitrogens with one attached hydrogen (secondary N) is 1. The van der Waals surface area contributed by atoms with E-state index in [2.05, 4.69) is 25.4 Å². The molecule has 72 valence electrons. The zero-order valence-corrected chi connectivity index (χ0v) is 7.75. The molecular weight excluding hydrogens is 190 g/mol. The Hall–Kier alpha value is -2.30. The molecule has 1 aromatic carbocycles. The molecule has 3 aromatic rings. The first-order valence-electron chi connectivity index (χ1n) is 4.53. The lowest BCUT2D eigenvalue weighted by Crippen LogP contribution is -1.92. The lowest BCUT2D eigenvalue weighted by molar-refractivity contribution is 0.893. The van der Waals surface area contributed by atoms with Crippen LogP contribution < -0.4 is 0 Å². The summed E-state index contributed by atoms with van der Waals surface area (Å²) >= 11 is 0. The van der Waals surface area contributed by atoms with Crippen molar-refractivity contribution >= 4 is 11.2 Å². The molecule has 0 spiro atoms. The number of aromatic nitrogens is 5. The fourth-order valence-corrected chi connectivity index (χ4v) is 1.49. The summed E-state index contributed by atoms with van der Waals surface area (Å²) in [6.07, 6.45) is 1.59. The van der Waals surface area contributed by atoms with E-state index in [0.717, 1.165) is 16.8 Å². The van der Waals surface area contributed by atoms with Crippen molar-refractivity contribution in [2.75, 3.05) is 0 Å². The minimum absolute atomic E-state index is 0.587. The highest BCUT2D eigenvalue weighted by atomic mass is 15.3. The number of benzene rings is 1. The van der Waals surface area contributed by atoms with Gasteiger partial charge in [-0.2, -0.15) is 0 Å². The summed E-state index contributed by atoms with van der Waals surface area (Å²) in [5.74, 6) is 0. The normalized spacial score (nSPS) is 10.7. The first-order chi connectivity index (χ1) is 7.45. The van der Waals surface area contributed by atoms with E-state index in [1.165, 1.54) is 0 Å². The van der Waals surface area contributed by atoms with E-state index < -0.39 is 0 Å². The second-order valence-electron chi connectivity index (χ2n) is 3.11. The Morgan fingerprint density at radius 3 is 2.73 bits per heavy atom. The standard InChI is InChI=1S/C10H7N5/c1-2-4-7(5-3-1)8-9-10(12-6-11-9)14-15-13-8/h1-6H,(H,11,12,13,14). The van der Waals surface area contributed by atoms with Gasteiger partial charge >= 0.3 is 0 Å². The van der Waals surface area contributed by atoms with Crippen LogP contribution in [0.4, 0.5) is 0 Å². The molecule has 0 aliphatic rings. The third-order valence-corrected chi connectivity index (χ3v) is 2.19. The van der Waals surface area contributed by atoms with Crippen LogP contribution in [-0.4, -0.2) is 25.4 Å². The summed E-state index contributed by atoms with van der Waals surface area (Å²) in [6, 6.07) is 9.83. The Morgan fingerprint density at radius 1 is 1.00 bits per heavy atom. The Balaban J connectivity index is 2.31. The van der Waals surface area contributed by atoms with Crippen molar-refractivity contribution in [3.05, 3.63) is 36.7 Å². The highest BCUT2D eigenvalue weighted by Gasteiger charge is 2.08. The summed E-state index contributed by atoms with van der Waals surface area (Å²) in [4.78, 5) is 7.05. The molecule has 5 heteroatoms. The van der Waals surface area contributed by atoms with E-state index in [1.807, 2.05) is 30.3 Å². The van der Waals surface area contributed by atoms with Crippen LogP contribution in [0, 0.1) is 0 Å². The summed E-state index contributed by atoms with van der Waals surface area (Å²) in [5.41, 5.74) is 3.18. The van der Waals surface area contributed by atoms with Gasteiger partial charge in [-0.05, 0) is 5.21 Å². The Morgan fingerprint density at radius 2 is 1.87 bits per heavy atom. The fourth-order valence-electron chi connectivity index (χ4n) is 1.49. The van der Waals surface area contributed by atoms with Crippen molar-refractivity contribution < 1.29 is 0 Å². The van der Waals surface area contributed by atoms with Crippen LogP contribution in [0.5, 0.6) is 0 Å². The van der Waals surface area contributed by atoms with Crippen molar-refractivity contribution in [3.63, 3.8) is 0 Å². The SMILES string of the molecule is c1ccc(-c2nnnc3nc[nH]c23)cc1. The summed E-state index contributed by atoms with van der Waals surface area (Å²) in [7, 11) is 0. The number of aromatic amines is 1. The number of nitrogens with zero attached hydrogens (tertiary/aromatic N) is 4. The predicted octanol–water partition coefficient (Wildman–Crippen LogP) is 1.41. The van der Waals surface area contributed by atoms with E-state index in [0.29, 0.717) is 5.65 Å². The van der Waals surface area contributed by atoms with Crippen LogP contribution in [0.25, 0.3) is 22.4 Å². The summed E-state index contributed by atoms with van der Waals surface area (Å²) in [5, 5.41) is 11.5. The van der Waals surface area contributed by atoms with Crippen LogP contribution in [0.2, 0.25) is 0 Å². The van der Waals surface area contributed by atoms with Gasteiger partial charge < -0.3 is 4.98 Å². The minimum Gasteiger partial charge on any atom is -0.341 e. The van der Waals surface area contributed by atoms with Crippen molar-refractivity contribution in [1.82, 2.24) is 25.4 Å². The second-order valence-corrected chi connectivity index (χ2v) is 3.11. The molecule has 0 amide bonds. The van der Waals surface area contributed by atoms with Gasteiger partial charge in [-0.3, -0.25) is 0 Å². The molecule has 0 saturated heterocycles. The molecule has 15 heavy (non-hydrogen) atoms.